The van der Waals surface area contributed by atoms with Crippen LogP contribution >= 0.6 is 0 Å². The van der Waals surface area contributed by atoms with Crippen molar-refractivity contribution in [3.8, 4) is 0 Å². The molecule has 0 aliphatic heterocycles. The molecule has 0 heteroatoms. The molecule has 92 valence electrons. The molecule has 3 fully saturated rings. The standard InChI is InChI=1S/C10H18.C3H8.C2H6/c1-7-4-5-8-6-9(7)10(8,2)3;1-3-2;1-2/h7-9H,4-6H2,1-3H3;3H2,1-2H3;1-2H3. The van der Waals surface area contributed by atoms with Gasteiger partial charge in [0.25, 0.3) is 0 Å². The molecule has 0 heterocycles. The zero-order valence-corrected chi connectivity index (χ0v) is 12.1. The molecule has 0 spiro atoms. The molecular weight excluding hydrogens is 180 g/mol. The third-order valence-corrected chi connectivity index (χ3v) is 4.20. The zero-order chi connectivity index (χ0) is 12.1. The highest BCUT2D eigenvalue weighted by molar-refractivity contribution is 5.01. The van der Waals surface area contributed by atoms with Crippen molar-refractivity contribution in [3.05, 3.63) is 0 Å². The van der Waals surface area contributed by atoms with Crippen molar-refractivity contribution >= 4 is 0 Å². The lowest BCUT2D eigenvalue weighted by Gasteiger charge is -2.59. The lowest BCUT2D eigenvalue weighted by atomic mass is 9.46. The van der Waals surface area contributed by atoms with Gasteiger partial charge in [-0.3, -0.25) is 0 Å². The molecule has 3 saturated carbocycles. The highest BCUT2D eigenvalue weighted by Crippen LogP contribution is 2.61. The quantitative estimate of drug-likeness (QED) is 0.496. The van der Waals surface area contributed by atoms with Crippen molar-refractivity contribution in [2.45, 2.75) is 74.1 Å². The van der Waals surface area contributed by atoms with Gasteiger partial charge in [-0.05, 0) is 36.0 Å². The van der Waals surface area contributed by atoms with Crippen LogP contribution in [0.5, 0.6) is 0 Å². The maximum absolute atomic E-state index is 2.46. The normalized spacial score (nSPS) is 35.0. The van der Waals surface area contributed by atoms with E-state index in [0.717, 1.165) is 17.8 Å². The fourth-order valence-electron chi connectivity index (χ4n) is 3.18. The molecule has 15 heavy (non-hydrogen) atoms. The summed E-state index contributed by atoms with van der Waals surface area (Å²) >= 11 is 0. The largest absolute Gasteiger partial charge is 0.0683 e. The fourth-order valence-corrected chi connectivity index (χ4v) is 3.18. The van der Waals surface area contributed by atoms with Gasteiger partial charge in [-0.1, -0.05) is 61.3 Å². The molecule has 3 unspecified atom stereocenters. The van der Waals surface area contributed by atoms with E-state index < -0.39 is 0 Å². The number of hydrogen-bond acceptors (Lipinski definition) is 0. The minimum absolute atomic E-state index is 0.706. The van der Waals surface area contributed by atoms with Gasteiger partial charge in [0.05, 0.1) is 0 Å². The summed E-state index contributed by atoms with van der Waals surface area (Å²) in [7, 11) is 0. The molecule has 2 bridgehead atoms. The lowest BCUT2D eigenvalue weighted by molar-refractivity contribution is -0.0988. The molecule has 3 rings (SSSR count). The van der Waals surface area contributed by atoms with Crippen molar-refractivity contribution in [3.63, 3.8) is 0 Å². The zero-order valence-electron chi connectivity index (χ0n) is 12.1. The summed E-state index contributed by atoms with van der Waals surface area (Å²) in [5, 5.41) is 0. The van der Waals surface area contributed by atoms with Gasteiger partial charge in [0.1, 0.15) is 0 Å². The SMILES string of the molecule is CC.CC1CCC2CC1C2(C)C.CCC. The first-order valence-electron chi connectivity index (χ1n) is 7.04. The van der Waals surface area contributed by atoms with Crippen molar-refractivity contribution < 1.29 is 0 Å². The summed E-state index contributed by atoms with van der Waals surface area (Å²) in [5.74, 6) is 3.15. The second-order valence-electron chi connectivity index (χ2n) is 5.62. The first-order valence-corrected chi connectivity index (χ1v) is 7.04. The van der Waals surface area contributed by atoms with Gasteiger partial charge in [-0.15, -0.1) is 0 Å². The van der Waals surface area contributed by atoms with Crippen molar-refractivity contribution in [2.24, 2.45) is 23.2 Å². The minimum Gasteiger partial charge on any atom is -0.0683 e. The maximum Gasteiger partial charge on any atom is -0.0295 e. The summed E-state index contributed by atoms with van der Waals surface area (Å²) in [5.41, 5.74) is 0.706. The van der Waals surface area contributed by atoms with E-state index in [4.69, 9.17) is 0 Å². The van der Waals surface area contributed by atoms with Crippen LogP contribution in [0.25, 0.3) is 0 Å². The van der Waals surface area contributed by atoms with Gasteiger partial charge < -0.3 is 0 Å². The molecule has 0 amide bonds. The van der Waals surface area contributed by atoms with E-state index in [1.807, 2.05) is 13.8 Å². The Hall–Kier alpha value is 0. The van der Waals surface area contributed by atoms with Crippen LogP contribution in [-0.2, 0) is 0 Å². The summed E-state index contributed by atoms with van der Waals surface area (Å²) in [6.45, 7) is 15.6. The van der Waals surface area contributed by atoms with Crippen LogP contribution in [0.1, 0.15) is 74.1 Å². The molecular formula is C15H32. The maximum atomic E-state index is 2.46. The highest BCUT2D eigenvalue weighted by Gasteiger charge is 2.52. The Balaban J connectivity index is 0.000000342. The average molecular weight is 212 g/mol. The predicted octanol–water partition coefficient (Wildman–Crippen LogP) is 5.52. The van der Waals surface area contributed by atoms with E-state index in [9.17, 15) is 0 Å². The summed E-state index contributed by atoms with van der Waals surface area (Å²) in [4.78, 5) is 0. The molecule has 3 aliphatic carbocycles. The van der Waals surface area contributed by atoms with Gasteiger partial charge in [0.2, 0.25) is 0 Å². The Morgan fingerprint density at radius 2 is 1.53 bits per heavy atom. The summed E-state index contributed by atoms with van der Waals surface area (Å²) in [6.07, 6.45) is 5.79. The van der Waals surface area contributed by atoms with E-state index in [1.54, 1.807) is 0 Å². The van der Waals surface area contributed by atoms with Gasteiger partial charge in [0, 0.05) is 0 Å². The molecule has 0 aromatic carbocycles. The molecule has 0 aromatic heterocycles. The van der Waals surface area contributed by atoms with Crippen molar-refractivity contribution in [2.75, 3.05) is 0 Å². The van der Waals surface area contributed by atoms with E-state index in [-0.39, 0.29) is 0 Å². The van der Waals surface area contributed by atoms with E-state index in [1.165, 1.54) is 25.7 Å². The van der Waals surface area contributed by atoms with Crippen molar-refractivity contribution in [1.82, 2.24) is 0 Å². The smallest absolute Gasteiger partial charge is 0.0295 e. The highest BCUT2D eigenvalue weighted by atomic mass is 14.6. The molecule has 0 aromatic rings. The van der Waals surface area contributed by atoms with Crippen LogP contribution in [-0.4, -0.2) is 0 Å². The average Bonchev–Trinajstić information content (AvgIpc) is 2.21. The second kappa shape index (κ2) is 6.55. The molecule has 0 radical (unpaired) electrons. The van der Waals surface area contributed by atoms with E-state index >= 15 is 0 Å². The molecule has 0 saturated heterocycles. The van der Waals surface area contributed by atoms with Crippen LogP contribution in [0.4, 0.5) is 0 Å². The third kappa shape index (κ3) is 3.23. The topological polar surface area (TPSA) is 0 Å². The summed E-state index contributed by atoms with van der Waals surface area (Å²) < 4.78 is 0. The number of rotatable bonds is 0. The van der Waals surface area contributed by atoms with E-state index in [0.29, 0.717) is 5.41 Å². The summed E-state index contributed by atoms with van der Waals surface area (Å²) in [6, 6.07) is 0. The van der Waals surface area contributed by atoms with E-state index in [2.05, 4.69) is 34.6 Å². The van der Waals surface area contributed by atoms with Crippen LogP contribution in [0.2, 0.25) is 0 Å². The number of hydrogen-bond donors (Lipinski definition) is 0. The van der Waals surface area contributed by atoms with Gasteiger partial charge >= 0.3 is 0 Å². The second-order valence-corrected chi connectivity index (χ2v) is 5.62. The van der Waals surface area contributed by atoms with Crippen LogP contribution in [0.3, 0.4) is 0 Å². The number of fused-ring (bicyclic) bond motifs is 2. The van der Waals surface area contributed by atoms with Gasteiger partial charge in [-0.2, -0.15) is 0 Å². The monoisotopic (exact) mass is 212 g/mol. The van der Waals surface area contributed by atoms with Crippen molar-refractivity contribution in [1.29, 1.82) is 0 Å². The fraction of sp³-hybridized carbons (Fsp3) is 1.00. The molecule has 0 N–H and O–H groups in total. The Labute approximate surface area is 97.8 Å². The Morgan fingerprint density at radius 1 is 1.07 bits per heavy atom. The Bertz CT molecular complexity index is 155. The third-order valence-electron chi connectivity index (χ3n) is 4.20. The van der Waals surface area contributed by atoms with Crippen LogP contribution < -0.4 is 0 Å². The first kappa shape index (κ1) is 15.0. The minimum atomic E-state index is 0.706. The predicted molar refractivity (Wildman–Crippen MR) is 71.1 cm³/mol. The molecule has 3 atom stereocenters. The lowest BCUT2D eigenvalue weighted by Crippen LogP contribution is -2.51. The van der Waals surface area contributed by atoms with Crippen LogP contribution in [0, 0.1) is 23.2 Å². The molecule has 0 nitrogen and oxygen atoms in total. The van der Waals surface area contributed by atoms with Crippen LogP contribution in [0.15, 0.2) is 0 Å². The van der Waals surface area contributed by atoms with Gasteiger partial charge in [0.15, 0.2) is 0 Å². The van der Waals surface area contributed by atoms with Gasteiger partial charge in [-0.25, -0.2) is 0 Å². The Kier molecular flexibility index (Phi) is 6.55. The Morgan fingerprint density at radius 3 is 1.73 bits per heavy atom. The first-order chi connectivity index (χ1) is 7.04. The molecule has 3 aliphatic rings.